The fraction of sp³-hybridized carbons (Fsp3) is 0.600. The van der Waals surface area contributed by atoms with Gasteiger partial charge in [-0.05, 0) is 37.8 Å². The molecular weight excluding hydrogens is 210 g/mol. The second-order valence-corrected chi connectivity index (χ2v) is 5.20. The van der Waals surface area contributed by atoms with Crippen molar-refractivity contribution in [3.63, 3.8) is 0 Å². The average molecular weight is 233 g/mol. The van der Waals surface area contributed by atoms with Crippen LogP contribution in [0.1, 0.15) is 38.3 Å². The minimum Gasteiger partial charge on any atom is -0.377 e. The van der Waals surface area contributed by atoms with Crippen LogP contribution in [0.3, 0.4) is 0 Å². The summed E-state index contributed by atoms with van der Waals surface area (Å²) in [7, 11) is 0. The van der Waals surface area contributed by atoms with Crippen molar-refractivity contribution >= 4 is 0 Å². The predicted octanol–water partition coefficient (Wildman–Crippen LogP) is 2.91. The largest absolute Gasteiger partial charge is 0.377 e. The molecule has 1 fully saturated rings. The molecule has 0 saturated carbocycles. The third kappa shape index (κ3) is 2.88. The minimum absolute atomic E-state index is 0.128. The maximum atomic E-state index is 5.63. The van der Waals surface area contributed by atoms with E-state index in [9.17, 15) is 0 Å². The Morgan fingerprint density at radius 3 is 2.47 bits per heavy atom. The zero-order valence-electron chi connectivity index (χ0n) is 11.1. The van der Waals surface area contributed by atoms with Gasteiger partial charge in [-0.25, -0.2) is 0 Å². The number of benzene rings is 1. The first kappa shape index (κ1) is 12.6. The van der Waals surface area contributed by atoms with Crippen molar-refractivity contribution in [2.45, 2.75) is 51.8 Å². The van der Waals surface area contributed by atoms with Gasteiger partial charge in [0, 0.05) is 18.7 Å². The molecule has 0 spiro atoms. The van der Waals surface area contributed by atoms with Gasteiger partial charge < -0.3 is 10.1 Å². The van der Waals surface area contributed by atoms with Crippen LogP contribution < -0.4 is 5.32 Å². The van der Waals surface area contributed by atoms with Gasteiger partial charge in [-0.1, -0.05) is 31.2 Å². The molecular formula is C15H23NO. The number of ether oxygens (including phenoxy) is 1. The molecule has 1 N–H and O–H groups in total. The topological polar surface area (TPSA) is 21.3 Å². The van der Waals surface area contributed by atoms with Crippen molar-refractivity contribution < 1.29 is 4.74 Å². The van der Waals surface area contributed by atoms with Gasteiger partial charge >= 0.3 is 0 Å². The van der Waals surface area contributed by atoms with Gasteiger partial charge in [-0.15, -0.1) is 0 Å². The predicted molar refractivity (Wildman–Crippen MR) is 71.1 cm³/mol. The maximum Gasteiger partial charge on any atom is 0.0726 e. The number of hydrogen-bond donors (Lipinski definition) is 1. The van der Waals surface area contributed by atoms with Gasteiger partial charge in [-0.2, -0.15) is 0 Å². The Kier molecular flexibility index (Phi) is 3.85. The highest BCUT2D eigenvalue weighted by Crippen LogP contribution is 2.25. The highest BCUT2D eigenvalue weighted by atomic mass is 16.5. The molecule has 2 unspecified atom stereocenters. The summed E-state index contributed by atoms with van der Waals surface area (Å²) in [5, 5.41) is 3.64. The van der Waals surface area contributed by atoms with Crippen LogP contribution in [0.5, 0.6) is 0 Å². The zero-order chi connectivity index (χ0) is 12.3. The maximum absolute atomic E-state index is 5.63. The van der Waals surface area contributed by atoms with E-state index in [2.05, 4.69) is 50.4 Å². The van der Waals surface area contributed by atoms with E-state index in [1.165, 1.54) is 11.1 Å². The van der Waals surface area contributed by atoms with Crippen LogP contribution in [-0.2, 0) is 17.7 Å². The molecule has 0 radical (unpaired) electrons. The lowest BCUT2D eigenvalue weighted by Crippen LogP contribution is -2.47. The van der Waals surface area contributed by atoms with Crippen molar-refractivity contribution in [1.29, 1.82) is 0 Å². The van der Waals surface area contributed by atoms with Gasteiger partial charge in [0.05, 0.1) is 6.10 Å². The van der Waals surface area contributed by atoms with E-state index < -0.39 is 0 Å². The second-order valence-electron chi connectivity index (χ2n) is 5.20. The normalized spacial score (nSPS) is 28.5. The lowest BCUT2D eigenvalue weighted by Gasteiger charge is -2.29. The molecule has 0 aliphatic carbocycles. The minimum atomic E-state index is 0.128. The number of rotatable bonds is 4. The molecule has 1 aliphatic rings. The van der Waals surface area contributed by atoms with Crippen LogP contribution in [-0.4, -0.2) is 18.2 Å². The molecule has 1 heterocycles. The Labute approximate surface area is 104 Å². The third-order valence-electron chi connectivity index (χ3n) is 4.01. The molecule has 0 bridgehead atoms. The van der Waals surface area contributed by atoms with Crippen LogP contribution in [0.2, 0.25) is 0 Å². The number of nitrogens with one attached hydrogen (secondary N) is 1. The molecule has 1 saturated heterocycles. The summed E-state index contributed by atoms with van der Waals surface area (Å²) < 4.78 is 5.63. The monoisotopic (exact) mass is 233 g/mol. The Hall–Kier alpha value is -0.860. The van der Waals surface area contributed by atoms with Gasteiger partial charge in [0.1, 0.15) is 0 Å². The Bertz CT molecular complexity index is 360. The standard InChI is InChI=1S/C15H23NO/c1-4-13-5-7-14(8-6-13)11-16-15(3)9-10-17-12(15)2/h5-8,12,16H,4,9-11H2,1-3H3. The number of aryl methyl sites for hydroxylation is 1. The van der Waals surface area contributed by atoms with E-state index in [0.29, 0.717) is 6.10 Å². The van der Waals surface area contributed by atoms with E-state index in [0.717, 1.165) is 26.0 Å². The van der Waals surface area contributed by atoms with E-state index in [1.54, 1.807) is 0 Å². The van der Waals surface area contributed by atoms with Crippen LogP contribution in [0.4, 0.5) is 0 Å². The summed E-state index contributed by atoms with van der Waals surface area (Å²) in [6.45, 7) is 8.39. The van der Waals surface area contributed by atoms with Gasteiger partial charge in [-0.3, -0.25) is 0 Å². The summed E-state index contributed by atoms with van der Waals surface area (Å²) in [5.41, 5.74) is 2.88. The summed E-state index contributed by atoms with van der Waals surface area (Å²) in [4.78, 5) is 0. The first-order valence-electron chi connectivity index (χ1n) is 6.58. The Morgan fingerprint density at radius 1 is 1.29 bits per heavy atom. The quantitative estimate of drug-likeness (QED) is 0.863. The molecule has 17 heavy (non-hydrogen) atoms. The third-order valence-corrected chi connectivity index (χ3v) is 4.01. The number of hydrogen-bond acceptors (Lipinski definition) is 2. The lowest BCUT2D eigenvalue weighted by atomic mass is 9.94. The second kappa shape index (κ2) is 5.19. The fourth-order valence-corrected chi connectivity index (χ4v) is 2.26. The van der Waals surface area contributed by atoms with Gasteiger partial charge in [0.2, 0.25) is 0 Å². The van der Waals surface area contributed by atoms with Crippen molar-refractivity contribution in [3.8, 4) is 0 Å². The first-order chi connectivity index (χ1) is 8.14. The van der Waals surface area contributed by atoms with Crippen molar-refractivity contribution in [2.75, 3.05) is 6.61 Å². The average Bonchev–Trinajstić information content (AvgIpc) is 2.68. The molecule has 1 aromatic rings. The SMILES string of the molecule is CCc1ccc(CNC2(C)CCOC2C)cc1. The van der Waals surface area contributed by atoms with E-state index in [4.69, 9.17) is 4.74 Å². The van der Waals surface area contributed by atoms with Gasteiger partial charge in [0.15, 0.2) is 0 Å². The molecule has 2 rings (SSSR count). The smallest absolute Gasteiger partial charge is 0.0726 e. The van der Waals surface area contributed by atoms with E-state index in [1.807, 2.05) is 0 Å². The molecule has 2 nitrogen and oxygen atoms in total. The van der Waals surface area contributed by atoms with E-state index >= 15 is 0 Å². The highest BCUT2D eigenvalue weighted by Gasteiger charge is 2.36. The Balaban J connectivity index is 1.93. The van der Waals surface area contributed by atoms with Crippen molar-refractivity contribution in [3.05, 3.63) is 35.4 Å². The molecule has 94 valence electrons. The van der Waals surface area contributed by atoms with Gasteiger partial charge in [0.25, 0.3) is 0 Å². The van der Waals surface area contributed by atoms with Crippen LogP contribution in [0.15, 0.2) is 24.3 Å². The lowest BCUT2D eigenvalue weighted by molar-refractivity contribution is 0.0881. The summed E-state index contributed by atoms with van der Waals surface area (Å²) in [5.74, 6) is 0. The molecule has 2 heteroatoms. The fourth-order valence-electron chi connectivity index (χ4n) is 2.26. The van der Waals surface area contributed by atoms with Crippen LogP contribution >= 0.6 is 0 Å². The summed E-state index contributed by atoms with van der Waals surface area (Å²) in [6, 6.07) is 8.87. The highest BCUT2D eigenvalue weighted by molar-refractivity contribution is 5.22. The van der Waals surface area contributed by atoms with E-state index in [-0.39, 0.29) is 5.54 Å². The molecule has 1 aliphatic heterocycles. The van der Waals surface area contributed by atoms with Crippen molar-refractivity contribution in [1.82, 2.24) is 5.32 Å². The molecule has 2 atom stereocenters. The molecule has 0 aromatic heterocycles. The zero-order valence-corrected chi connectivity index (χ0v) is 11.1. The molecule has 0 amide bonds. The first-order valence-corrected chi connectivity index (χ1v) is 6.58. The van der Waals surface area contributed by atoms with Crippen molar-refractivity contribution in [2.24, 2.45) is 0 Å². The van der Waals surface area contributed by atoms with Crippen LogP contribution in [0, 0.1) is 0 Å². The Morgan fingerprint density at radius 2 is 1.94 bits per heavy atom. The summed E-state index contributed by atoms with van der Waals surface area (Å²) >= 11 is 0. The summed E-state index contributed by atoms with van der Waals surface area (Å²) in [6.07, 6.45) is 2.51. The van der Waals surface area contributed by atoms with Crippen LogP contribution in [0.25, 0.3) is 0 Å². The molecule has 1 aromatic carbocycles.